The van der Waals surface area contributed by atoms with Crippen LogP contribution in [0.15, 0.2) is 48.5 Å². The van der Waals surface area contributed by atoms with Crippen LogP contribution in [0.1, 0.15) is 16.7 Å². The molecule has 0 aliphatic carbocycles. The molecule has 0 fully saturated rings. The van der Waals surface area contributed by atoms with Gasteiger partial charge in [0, 0.05) is 13.1 Å². The molecule has 0 saturated heterocycles. The van der Waals surface area contributed by atoms with Gasteiger partial charge in [-0.05, 0) is 30.2 Å². The Balaban J connectivity index is 1.84. The fraction of sp³-hybridized carbons (Fsp3) is 0.235. The number of nitriles is 1. The van der Waals surface area contributed by atoms with E-state index in [2.05, 4.69) is 36.5 Å². The summed E-state index contributed by atoms with van der Waals surface area (Å²) in [6.45, 7) is 3.78. The molecule has 0 amide bonds. The van der Waals surface area contributed by atoms with Gasteiger partial charge in [0.15, 0.2) is 6.61 Å². The fourth-order valence-electron chi connectivity index (χ4n) is 1.92. The summed E-state index contributed by atoms with van der Waals surface area (Å²) in [4.78, 5) is 0. The van der Waals surface area contributed by atoms with Gasteiger partial charge in [-0.25, -0.2) is 0 Å². The Bertz CT molecular complexity index is 585. The summed E-state index contributed by atoms with van der Waals surface area (Å²) in [5, 5.41) is 11.9. The van der Waals surface area contributed by atoms with Gasteiger partial charge in [0.1, 0.15) is 11.8 Å². The molecule has 102 valence electrons. The van der Waals surface area contributed by atoms with Crippen LogP contribution in [0.3, 0.4) is 0 Å². The molecule has 0 aliphatic heterocycles. The fourth-order valence-corrected chi connectivity index (χ4v) is 1.92. The minimum Gasteiger partial charge on any atom is -0.479 e. The first-order valence-electron chi connectivity index (χ1n) is 6.63. The molecule has 0 heterocycles. The molecule has 0 saturated carbocycles. The van der Waals surface area contributed by atoms with Crippen molar-refractivity contribution in [3.63, 3.8) is 0 Å². The van der Waals surface area contributed by atoms with Gasteiger partial charge in [0.25, 0.3) is 0 Å². The number of nitrogens with one attached hydrogen (secondary N) is 1. The van der Waals surface area contributed by atoms with Crippen LogP contribution in [-0.2, 0) is 13.1 Å². The van der Waals surface area contributed by atoms with E-state index >= 15 is 0 Å². The molecule has 0 unspecified atom stereocenters. The third-order valence-corrected chi connectivity index (χ3v) is 2.98. The maximum absolute atomic E-state index is 8.50. The Morgan fingerprint density at radius 2 is 1.80 bits per heavy atom. The molecule has 0 atom stereocenters. The van der Waals surface area contributed by atoms with Crippen molar-refractivity contribution < 1.29 is 4.74 Å². The summed E-state index contributed by atoms with van der Waals surface area (Å²) in [6, 6.07) is 18.3. The number of benzene rings is 2. The average molecular weight is 266 g/mol. The number of rotatable bonds is 6. The van der Waals surface area contributed by atoms with Crippen LogP contribution in [0.5, 0.6) is 5.75 Å². The quantitative estimate of drug-likeness (QED) is 0.873. The summed E-state index contributed by atoms with van der Waals surface area (Å²) in [5.41, 5.74) is 3.69. The zero-order chi connectivity index (χ0) is 14.2. The van der Waals surface area contributed by atoms with Crippen LogP contribution < -0.4 is 10.1 Å². The summed E-state index contributed by atoms with van der Waals surface area (Å²) in [7, 11) is 0. The number of nitrogens with zero attached hydrogens (tertiary/aromatic N) is 1. The second-order valence-electron chi connectivity index (χ2n) is 4.68. The van der Waals surface area contributed by atoms with E-state index in [1.54, 1.807) is 0 Å². The maximum Gasteiger partial charge on any atom is 0.174 e. The van der Waals surface area contributed by atoms with Gasteiger partial charge in [-0.3, -0.25) is 0 Å². The smallest absolute Gasteiger partial charge is 0.174 e. The number of aryl methyl sites for hydroxylation is 1. The highest BCUT2D eigenvalue weighted by Gasteiger charge is 1.97. The third-order valence-electron chi connectivity index (χ3n) is 2.98. The molecular formula is C17H18N2O. The molecule has 2 rings (SSSR count). The van der Waals surface area contributed by atoms with Gasteiger partial charge in [-0.15, -0.1) is 0 Å². The second kappa shape index (κ2) is 7.32. The van der Waals surface area contributed by atoms with E-state index in [0.29, 0.717) is 0 Å². The molecular weight excluding hydrogens is 248 g/mol. The number of hydrogen-bond acceptors (Lipinski definition) is 3. The second-order valence-corrected chi connectivity index (χ2v) is 4.68. The molecule has 2 aromatic carbocycles. The first-order valence-corrected chi connectivity index (χ1v) is 6.63. The standard InChI is InChI=1S/C17H18N2O/c1-14-5-7-15(8-6-14)12-19-13-16-3-2-4-17(11-16)20-10-9-18/h2-8,11,19H,10,12-13H2,1H3. The van der Waals surface area contributed by atoms with Crippen LogP contribution in [0.4, 0.5) is 0 Å². The van der Waals surface area contributed by atoms with Gasteiger partial charge in [0.2, 0.25) is 0 Å². The zero-order valence-corrected chi connectivity index (χ0v) is 11.6. The topological polar surface area (TPSA) is 45.0 Å². The largest absolute Gasteiger partial charge is 0.479 e. The SMILES string of the molecule is Cc1ccc(CNCc2cccc(OCC#N)c2)cc1. The molecule has 0 spiro atoms. The summed E-state index contributed by atoms with van der Waals surface area (Å²) >= 11 is 0. The van der Waals surface area contributed by atoms with Crippen molar-refractivity contribution in [2.45, 2.75) is 20.0 Å². The lowest BCUT2D eigenvalue weighted by atomic mass is 10.1. The summed E-state index contributed by atoms with van der Waals surface area (Å²) in [5.74, 6) is 0.737. The van der Waals surface area contributed by atoms with Gasteiger partial charge in [0.05, 0.1) is 0 Å². The highest BCUT2D eigenvalue weighted by Crippen LogP contribution is 2.13. The van der Waals surface area contributed by atoms with Crippen molar-refractivity contribution in [3.05, 3.63) is 65.2 Å². The predicted molar refractivity (Wildman–Crippen MR) is 79.3 cm³/mol. The summed E-state index contributed by atoms with van der Waals surface area (Å²) < 4.78 is 5.28. The Kier molecular flexibility index (Phi) is 5.16. The van der Waals surface area contributed by atoms with Crippen molar-refractivity contribution in [1.82, 2.24) is 5.32 Å². The monoisotopic (exact) mass is 266 g/mol. The molecule has 20 heavy (non-hydrogen) atoms. The van der Waals surface area contributed by atoms with Gasteiger partial charge in [-0.2, -0.15) is 5.26 Å². The van der Waals surface area contributed by atoms with Crippen LogP contribution in [0, 0.1) is 18.3 Å². The van der Waals surface area contributed by atoms with Crippen molar-refractivity contribution in [1.29, 1.82) is 5.26 Å². The van der Waals surface area contributed by atoms with Gasteiger partial charge < -0.3 is 10.1 Å². The van der Waals surface area contributed by atoms with Crippen molar-refractivity contribution in [2.75, 3.05) is 6.61 Å². The van der Waals surface area contributed by atoms with E-state index in [-0.39, 0.29) is 6.61 Å². The number of ether oxygens (including phenoxy) is 1. The minimum absolute atomic E-state index is 0.0836. The lowest BCUT2D eigenvalue weighted by Gasteiger charge is -2.07. The van der Waals surface area contributed by atoms with Crippen molar-refractivity contribution in [3.8, 4) is 11.8 Å². The van der Waals surface area contributed by atoms with Crippen molar-refractivity contribution >= 4 is 0 Å². The number of hydrogen-bond donors (Lipinski definition) is 1. The highest BCUT2D eigenvalue weighted by molar-refractivity contribution is 5.29. The lowest BCUT2D eigenvalue weighted by Crippen LogP contribution is -2.12. The Labute approximate surface area is 119 Å². The normalized spacial score (nSPS) is 10.0. The maximum atomic E-state index is 8.50. The first-order chi connectivity index (χ1) is 9.78. The molecule has 2 aromatic rings. The van der Waals surface area contributed by atoms with E-state index < -0.39 is 0 Å². The van der Waals surface area contributed by atoms with E-state index in [1.165, 1.54) is 11.1 Å². The van der Waals surface area contributed by atoms with Crippen LogP contribution in [0.25, 0.3) is 0 Å². The van der Waals surface area contributed by atoms with Crippen LogP contribution in [0.2, 0.25) is 0 Å². The third kappa shape index (κ3) is 4.42. The molecule has 0 radical (unpaired) electrons. The molecule has 3 nitrogen and oxygen atoms in total. The van der Waals surface area contributed by atoms with E-state index in [9.17, 15) is 0 Å². The molecule has 0 aliphatic rings. The average Bonchev–Trinajstić information content (AvgIpc) is 2.48. The van der Waals surface area contributed by atoms with Gasteiger partial charge >= 0.3 is 0 Å². The van der Waals surface area contributed by atoms with Crippen LogP contribution in [-0.4, -0.2) is 6.61 Å². The zero-order valence-electron chi connectivity index (χ0n) is 11.6. The Hall–Kier alpha value is -2.31. The van der Waals surface area contributed by atoms with Crippen molar-refractivity contribution in [2.24, 2.45) is 0 Å². The molecule has 0 aromatic heterocycles. The Morgan fingerprint density at radius 3 is 2.55 bits per heavy atom. The molecule has 1 N–H and O–H groups in total. The van der Waals surface area contributed by atoms with E-state index in [0.717, 1.165) is 24.4 Å². The molecule has 0 bridgehead atoms. The highest BCUT2D eigenvalue weighted by atomic mass is 16.5. The minimum atomic E-state index is 0.0836. The Morgan fingerprint density at radius 1 is 1.05 bits per heavy atom. The molecule has 3 heteroatoms. The predicted octanol–water partition coefficient (Wildman–Crippen LogP) is 3.19. The lowest BCUT2D eigenvalue weighted by molar-refractivity contribution is 0.367. The first kappa shape index (κ1) is 14.1. The van der Waals surface area contributed by atoms with Gasteiger partial charge in [-0.1, -0.05) is 42.0 Å². The summed E-state index contributed by atoms with van der Waals surface area (Å²) in [6.07, 6.45) is 0. The van der Waals surface area contributed by atoms with Crippen LogP contribution >= 0.6 is 0 Å². The van der Waals surface area contributed by atoms with E-state index in [1.807, 2.05) is 30.3 Å². The van der Waals surface area contributed by atoms with E-state index in [4.69, 9.17) is 10.00 Å².